The molecular weight excluding hydrogens is 272 g/mol. The number of rotatable bonds is 6. The summed E-state index contributed by atoms with van der Waals surface area (Å²) in [5.41, 5.74) is 0.788. The molecular formula is C15H18N2O4. The minimum Gasteiger partial charge on any atom is -0.496 e. The topological polar surface area (TPSA) is 77.5 Å². The Bertz CT molecular complexity index is 636. The molecule has 1 atom stereocenters. The van der Waals surface area contributed by atoms with Crippen molar-refractivity contribution in [3.05, 3.63) is 57.5 Å². The largest absolute Gasteiger partial charge is 0.496 e. The SMILES string of the molecule is COc1ccc([N+](=O)[O-])cc1CNC(C)c1ccc(C)o1. The van der Waals surface area contributed by atoms with E-state index in [-0.39, 0.29) is 11.7 Å². The molecule has 0 aliphatic carbocycles. The summed E-state index contributed by atoms with van der Waals surface area (Å²) in [5, 5.41) is 14.1. The summed E-state index contributed by atoms with van der Waals surface area (Å²) in [5.74, 6) is 2.31. The number of nitro groups is 1. The van der Waals surface area contributed by atoms with Gasteiger partial charge in [-0.25, -0.2) is 0 Å². The van der Waals surface area contributed by atoms with Crippen LogP contribution in [-0.2, 0) is 6.54 Å². The fourth-order valence-electron chi connectivity index (χ4n) is 2.07. The molecule has 0 saturated carbocycles. The van der Waals surface area contributed by atoms with Crippen molar-refractivity contribution in [1.29, 1.82) is 0 Å². The summed E-state index contributed by atoms with van der Waals surface area (Å²) in [4.78, 5) is 10.4. The van der Waals surface area contributed by atoms with E-state index in [1.54, 1.807) is 13.2 Å². The number of nitrogens with zero attached hydrogens (tertiary/aromatic N) is 1. The monoisotopic (exact) mass is 290 g/mol. The molecule has 112 valence electrons. The van der Waals surface area contributed by atoms with Gasteiger partial charge in [0.05, 0.1) is 18.1 Å². The van der Waals surface area contributed by atoms with Crippen LogP contribution in [0.3, 0.4) is 0 Å². The summed E-state index contributed by atoms with van der Waals surface area (Å²) in [6, 6.07) is 8.38. The lowest BCUT2D eigenvalue weighted by molar-refractivity contribution is -0.384. The van der Waals surface area contributed by atoms with Crippen LogP contribution in [0, 0.1) is 17.0 Å². The highest BCUT2D eigenvalue weighted by molar-refractivity contribution is 5.43. The molecule has 0 fully saturated rings. The molecule has 0 amide bonds. The minimum atomic E-state index is -0.414. The van der Waals surface area contributed by atoms with Crippen LogP contribution >= 0.6 is 0 Å². The van der Waals surface area contributed by atoms with Crippen molar-refractivity contribution in [3.63, 3.8) is 0 Å². The number of non-ortho nitro benzene ring substituents is 1. The van der Waals surface area contributed by atoms with Crippen LogP contribution in [0.1, 0.15) is 30.0 Å². The maximum atomic E-state index is 10.8. The molecule has 0 radical (unpaired) electrons. The van der Waals surface area contributed by atoms with Crippen LogP contribution in [0.5, 0.6) is 5.75 Å². The van der Waals surface area contributed by atoms with Crippen LogP contribution < -0.4 is 10.1 Å². The van der Waals surface area contributed by atoms with Crippen molar-refractivity contribution in [2.45, 2.75) is 26.4 Å². The lowest BCUT2D eigenvalue weighted by Crippen LogP contribution is -2.18. The van der Waals surface area contributed by atoms with Crippen LogP contribution in [0.2, 0.25) is 0 Å². The number of benzene rings is 1. The number of aryl methyl sites for hydroxylation is 1. The second kappa shape index (κ2) is 6.41. The molecule has 21 heavy (non-hydrogen) atoms. The van der Waals surface area contributed by atoms with E-state index in [0.29, 0.717) is 12.3 Å². The average molecular weight is 290 g/mol. The Kier molecular flexibility index (Phi) is 4.59. The number of nitrogens with one attached hydrogen (secondary N) is 1. The fraction of sp³-hybridized carbons (Fsp3) is 0.333. The van der Waals surface area contributed by atoms with Crippen molar-refractivity contribution in [3.8, 4) is 5.75 Å². The van der Waals surface area contributed by atoms with Gasteiger partial charge in [-0.05, 0) is 32.0 Å². The van der Waals surface area contributed by atoms with E-state index in [1.807, 2.05) is 26.0 Å². The second-order valence-corrected chi connectivity index (χ2v) is 4.80. The zero-order valence-electron chi connectivity index (χ0n) is 12.3. The number of furan rings is 1. The molecule has 6 nitrogen and oxygen atoms in total. The molecule has 0 saturated heterocycles. The summed E-state index contributed by atoms with van der Waals surface area (Å²) in [7, 11) is 1.55. The van der Waals surface area contributed by atoms with Crippen molar-refractivity contribution < 1.29 is 14.1 Å². The van der Waals surface area contributed by atoms with Gasteiger partial charge in [-0.2, -0.15) is 0 Å². The molecule has 0 spiro atoms. The molecule has 0 aliphatic heterocycles. The molecule has 0 aliphatic rings. The Morgan fingerprint density at radius 3 is 2.71 bits per heavy atom. The van der Waals surface area contributed by atoms with Gasteiger partial charge in [0.1, 0.15) is 17.3 Å². The van der Waals surface area contributed by atoms with Gasteiger partial charge in [-0.3, -0.25) is 10.1 Å². The predicted molar refractivity (Wildman–Crippen MR) is 78.3 cm³/mol. The molecule has 2 rings (SSSR count). The highest BCUT2D eigenvalue weighted by Gasteiger charge is 2.14. The summed E-state index contributed by atoms with van der Waals surface area (Å²) in [6.07, 6.45) is 0. The Balaban J connectivity index is 2.11. The first kappa shape index (κ1) is 15.1. The van der Waals surface area contributed by atoms with Crippen LogP contribution in [0.25, 0.3) is 0 Å². The Labute approximate surface area is 122 Å². The Morgan fingerprint density at radius 2 is 2.14 bits per heavy atom. The average Bonchev–Trinajstić information content (AvgIpc) is 2.91. The fourth-order valence-corrected chi connectivity index (χ4v) is 2.07. The first-order valence-corrected chi connectivity index (χ1v) is 6.62. The van der Waals surface area contributed by atoms with E-state index in [4.69, 9.17) is 9.15 Å². The second-order valence-electron chi connectivity index (χ2n) is 4.80. The van der Waals surface area contributed by atoms with Gasteiger partial charge in [-0.15, -0.1) is 0 Å². The third-order valence-corrected chi connectivity index (χ3v) is 3.26. The van der Waals surface area contributed by atoms with Crippen molar-refractivity contribution in [1.82, 2.24) is 5.32 Å². The third-order valence-electron chi connectivity index (χ3n) is 3.26. The van der Waals surface area contributed by atoms with Crippen molar-refractivity contribution in [2.75, 3.05) is 7.11 Å². The van der Waals surface area contributed by atoms with Gasteiger partial charge in [0.15, 0.2) is 0 Å². The molecule has 6 heteroatoms. The van der Waals surface area contributed by atoms with E-state index in [2.05, 4.69) is 5.32 Å². The molecule has 1 heterocycles. The molecule has 1 aromatic carbocycles. The first-order chi connectivity index (χ1) is 10.0. The van der Waals surface area contributed by atoms with Crippen molar-refractivity contribution in [2.24, 2.45) is 0 Å². The van der Waals surface area contributed by atoms with Gasteiger partial charge in [0, 0.05) is 24.2 Å². The van der Waals surface area contributed by atoms with E-state index in [0.717, 1.165) is 17.1 Å². The molecule has 0 bridgehead atoms. The number of methoxy groups -OCH3 is 1. The highest BCUT2D eigenvalue weighted by Crippen LogP contribution is 2.25. The van der Waals surface area contributed by atoms with E-state index < -0.39 is 4.92 Å². The summed E-state index contributed by atoms with van der Waals surface area (Å²) < 4.78 is 10.8. The highest BCUT2D eigenvalue weighted by atomic mass is 16.6. The van der Waals surface area contributed by atoms with Gasteiger partial charge in [-0.1, -0.05) is 0 Å². The maximum Gasteiger partial charge on any atom is 0.270 e. The summed E-state index contributed by atoms with van der Waals surface area (Å²) >= 11 is 0. The molecule has 1 N–H and O–H groups in total. The number of ether oxygens (including phenoxy) is 1. The summed E-state index contributed by atoms with van der Waals surface area (Å²) in [6.45, 7) is 4.31. The van der Waals surface area contributed by atoms with Gasteiger partial charge >= 0.3 is 0 Å². The van der Waals surface area contributed by atoms with E-state index in [9.17, 15) is 10.1 Å². The number of hydrogen-bond acceptors (Lipinski definition) is 5. The lowest BCUT2D eigenvalue weighted by atomic mass is 10.1. The zero-order chi connectivity index (χ0) is 15.4. The predicted octanol–water partition coefficient (Wildman–Crippen LogP) is 3.36. The lowest BCUT2D eigenvalue weighted by Gasteiger charge is -2.13. The van der Waals surface area contributed by atoms with Gasteiger partial charge in [0.2, 0.25) is 0 Å². The van der Waals surface area contributed by atoms with Crippen molar-refractivity contribution >= 4 is 5.69 Å². The quantitative estimate of drug-likeness (QED) is 0.652. The first-order valence-electron chi connectivity index (χ1n) is 6.62. The maximum absolute atomic E-state index is 10.8. The van der Waals surface area contributed by atoms with Crippen LogP contribution in [0.15, 0.2) is 34.7 Å². The third kappa shape index (κ3) is 3.61. The Morgan fingerprint density at radius 1 is 1.38 bits per heavy atom. The molecule has 2 aromatic rings. The standard InChI is InChI=1S/C15H18N2O4/c1-10-4-6-14(21-10)11(2)16-9-12-8-13(17(18)19)5-7-15(12)20-3/h4-8,11,16H,9H2,1-3H3. The smallest absolute Gasteiger partial charge is 0.270 e. The van der Waals surface area contributed by atoms with Gasteiger partial charge in [0.25, 0.3) is 5.69 Å². The van der Waals surface area contributed by atoms with Gasteiger partial charge < -0.3 is 14.5 Å². The minimum absolute atomic E-state index is 0.00247. The van der Waals surface area contributed by atoms with Crippen LogP contribution in [-0.4, -0.2) is 12.0 Å². The van der Waals surface area contributed by atoms with E-state index in [1.165, 1.54) is 12.1 Å². The number of nitro benzene ring substituents is 1. The zero-order valence-corrected chi connectivity index (χ0v) is 12.3. The molecule has 1 aromatic heterocycles. The van der Waals surface area contributed by atoms with Crippen LogP contribution in [0.4, 0.5) is 5.69 Å². The molecule has 1 unspecified atom stereocenters. The van der Waals surface area contributed by atoms with E-state index >= 15 is 0 Å². The normalized spacial score (nSPS) is 12.1. The Hall–Kier alpha value is -2.34. The number of hydrogen-bond donors (Lipinski definition) is 1.